The molecule has 8 heteroatoms. The highest BCUT2D eigenvalue weighted by molar-refractivity contribution is 7.14. The van der Waals surface area contributed by atoms with E-state index in [2.05, 4.69) is 29.5 Å². The van der Waals surface area contributed by atoms with E-state index in [1.807, 2.05) is 18.2 Å². The molecule has 1 saturated heterocycles. The van der Waals surface area contributed by atoms with Gasteiger partial charge in [0.25, 0.3) is 5.91 Å². The number of thiazole rings is 1. The van der Waals surface area contributed by atoms with Crippen molar-refractivity contribution in [2.75, 3.05) is 25.0 Å². The number of piperidine rings is 1. The molecule has 1 aliphatic heterocycles. The lowest BCUT2D eigenvalue weighted by Crippen LogP contribution is -2.46. The van der Waals surface area contributed by atoms with Gasteiger partial charge in [0.05, 0.1) is 16.6 Å². The van der Waals surface area contributed by atoms with Crippen molar-refractivity contribution >= 4 is 45.6 Å². The molecule has 0 spiro atoms. The van der Waals surface area contributed by atoms with Crippen LogP contribution in [0.2, 0.25) is 5.02 Å². The summed E-state index contributed by atoms with van der Waals surface area (Å²) in [6.45, 7) is 5.87. The third-order valence-electron chi connectivity index (χ3n) is 4.60. The van der Waals surface area contributed by atoms with Crippen LogP contribution in [-0.4, -0.2) is 41.3 Å². The number of aromatic nitrogens is 1. The van der Waals surface area contributed by atoms with E-state index in [0.717, 1.165) is 18.5 Å². The van der Waals surface area contributed by atoms with Gasteiger partial charge in [-0.2, -0.15) is 0 Å². The Morgan fingerprint density at radius 3 is 2.89 bits per heavy atom. The zero-order valence-electron chi connectivity index (χ0n) is 16.1. The number of carbonyl (C=O) groups is 2. The molecule has 1 unspecified atom stereocenters. The van der Waals surface area contributed by atoms with Crippen molar-refractivity contribution in [3.63, 3.8) is 0 Å². The van der Waals surface area contributed by atoms with Crippen LogP contribution in [0.3, 0.4) is 0 Å². The Hall–Kier alpha value is -2.12. The first-order chi connectivity index (χ1) is 13.4. The summed E-state index contributed by atoms with van der Waals surface area (Å²) in [4.78, 5) is 31.4. The van der Waals surface area contributed by atoms with E-state index in [1.165, 1.54) is 11.3 Å². The van der Waals surface area contributed by atoms with Crippen LogP contribution in [0, 0.1) is 11.8 Å². The fourth-order valence-electron chi connectivity index (χ4n) is 3.09. The number of benzene rings is 1. The molecule has 0 aliphatic carbocycles. The van der Waals surface area contributed by atoms with E-state index < -0.39 is 0 Å². The van der Waals surface area contributed by atoms with Gasteiger partial charge in [-0.15, -0.1) is 11.3 Å². The van der Waals surface area contributed by atoms with Crippen LogP contribution >= 0.6 is 22.9 Å². The number of carbonyl (C=O) groups excluding carboxylic acids is 2. The minimum absolute atomic E-state index is 0.0329. The number of rotatable bonds is 6. The standard InChI is InChI=1S/C20H25ClN4O2S/c1-13(2)10-22-18(26)14-6-5-9-25(11-14)19(27)17-12-28-20(24-17)23-16-8-4-3-7-15(16)21/h3-4,7-8,12-14H,5-6,9-11H2,1-2H3,(H,22,26)(H,23,24). The molecule has 1 aromatic heterocycles. The number of nitrogens with zero attached hydrogens (tertiary/aromatic N) is 2. The molecule has 1 atom stereocenters. The van der Waals surface area contributed by atoms with E-state index in [0.29, 0.717) is 41.4 Å². The van der Waals surface area contributed by atoms with Gasteiger partial charge in [0.2, 0.25) is 5.91 Å². The van der Waals surface area contributed by atoms with Crippen molar-refractivity contribution in [2.45, 2.75) is 26.7 Å². The van der Waals surface area contributed by atoms with Gasteiger partial charge in [-0.3, -0.25) is 9.59 Å². The molecule has 1 aromatic carbocycles. The molecule has 2 N–H and O–H groups in total. The summed E-state index contributed by atoms with van der Waals surface area (Å²) in [5, 5.41) is 9.07. The maximum atomic E-state index is 12.9. The normalized spacial score (nSPS) is 16.9. The number of hydrogen-bond donors (Lipinski definition) is 2. The maximum Gasteiger partial charge on any atom is 0.273 e. The van der Waals surface area contributed by atoms with E-state index in [1.54, 1.807) is 16.3 Å². The largest absolute Gasteiger partial charge is 0.356 e. The van der Waals surface area contributed by atoms with Crippen LogP contribution in [0.1, 0.15) is 37.2 Å². The molecule has 2 heterocycles. The first kappa shape index (κ1) is 20.6. The van der Waals surface area contributed by atoms with Gasteiger partial charge in [-0.1, -0.05) is 37.6 Å². The average molecular weight is 421 g/mol. The van der Waals surface area contributed by atoms with Gasteiger partial charge < -0.3 is 15.5 Å². The van der Waals surface area contributed by atoms with Crippen LogP contribution in [0.5, 0.6) is 0 Å². The van der Waals surface area contributed by atoms with Crippen LogP contribution in [0.4, 0.5) is 10.8 Å². The summed E-state index contributed by atoms with van der Waals surface area (Å²) in [6.07, 6.45) is 1.63. The Kier molecular flexibility index (Phi) is 6.91. The molecule has 2 amide bonds. The summed E-state index contributed by atoms with van der Waals surface area (Å²) in [5.41, 5.74) is 1.14. The Labute approximate surface area is 174 Å². The molecule has 1 aliphatic rings. The van der Waals surface area contributed by atoms with Gasteiger partial charge >= 0.3 is 0 Å². The fraction of sp³-hybridized carbons (Fsp3) is 0.450. The highest BCUT2D eigenvalue weighted by atomic mass is 35.5. The molecule has 2 aromatic rings. The summed E-state index contributed by atoms with van der Waals surface area (Å²) < 4.78 is 0. The highest BCUT2D eigenvalue weighted by Gasteiger charge is 2.29. The van der Waals surface area contributed by atoms with Crippen LogP contribution < -0.4 is 10.6 Å². The van der Waals surface area contributed by atoms with Crippen molar-refractivity contribution in [3.05, 3.63) is 40.4 Å². The molecule has 0 radical (unpaired) electrons. The summed E-state index contributed by atoms with van der Waals surface area (Å²) in [6, 6.07) is 7.39. The molecule has 3 rings (SSSR count). The van der Waals surface area contributed by atoms with Crippen LogP contribution in [0.15, 0.2) is 29.6 Å². The minimum atomic E-state index is -0.157. The number of amides is 2. The Morgan fingerprint density at radius 2 is 2.14 bits per heavy atom. The molecule has 0 bridgehead atoms. The second-order valence-electron chi connectivity index (χ2n) is 7.37. The lowest BCUT2D eigenvalue weighted by Gasteiger charge is -2.31. The smallest absolute Gasteiger partial charge is 0.273 e. The lowest BCUT2D eigenvalue weighted by molar-refractivity contribution is -0.126. The monoisotopic (exact) mass is 420 g/mol. The molecule has 1 fully saturated rings. The van der Waals surface area contributed by atoms with Crippen LogP contribution in [0.25, 0.3) is 0 Å². The second-order valence-corrected chi connectivity index (χ2v) is 8.64. The van der Waals surface area contributed by atoms with Gasteiger partial charge in [0, 0.05) is 25.0 Å². The van der Waals surface area contributed by atoms with Gasteiger partial charge in [0.1, 0.15) is 5.69 Å². The van der Waals surface area contributed by atoms with Crippen molar-refractivity contribution < 1.29 is 9.59 Å². The minimum Gasteiger partial charge on any atom is -0.356 e. The molecular weight excluding hydrogens is 396 g/mol. The number of hydrogen-bond acceptors (Lipinski definition) is 5. The molecule has 28 heavy (non-hydrogen) atoms. The average Bonchev–Trinajstić information content (AvgIpc) is 3.16. The zero-order chi connectivity index (χ0) is 20.1. The van der Waals surface area contributed by atoms with Crippen molar-refractivity contribution in [1.29, 1.82) is 0 Å². The predicted molar refractivity (Wildman–Crippen MR) is 113 cm³/mol. The van der Waals surface area contributed by atoms with Gasteiger partial charge in [-0.05, 0) is 30.9 Å². The van der Waals surface area contributed by atoms with E-state index in [-0.39, 0.29) is 17.7 Å². The molecule has 6 nitrogen and oxygen atoms in total. The van der Waals surface area contributed by atoms with E-state index in [9.17, 15) is 9.59 Å². The maximum absolute atomic E-state index is 12.9. The lowest BCUT2D eigenvalue weighted by atomic mass is 9.96. The summed E-state index contributed by atoms with van der Waals surface area (Å²) in [7, 11) is 0. The summed E-state index contributed by atoms with van der Waals surface area (Å²) >= 11 is 7.51. The first-order valence-electron chi connectivity index (χ1n) is 9.48. The van der Waals surface area contributed by atoms with E-state index >= 15 is 0 Å². The number of para-hydroxylation sites is 1. The zero-order valence-corrected chi connectivity index (χ0v) is 17.6. The molecule has 150 valence electrons. The predicted octanol–water partition coefficient (Wildman–Crippen LogP) is 4.16. The number of halogens is 1. The number of likely N-dealkylation sites (tertiary alicyclic amines) is 1. The quantitative estimate of drug-likeness (QED) is 0.735. The van der Waals surface area contributed by atoms with Gasteiger partial charge in [-0.25, -0.2) is 4.98 Å². The number of anilines is 2. The number of nitrogens with one attached hydrogen (secondary N) is 2. The van der Waals surface area contributed by atoms with Crippen LogP contribution in [-0.2, 0) is 4.79 Å². The topological polar surface area (TPSA) is 74.3 Å². The molecular formula is C20H25ClN4O2S. The highest BCUT2D eigenvalue weighted by Crippen LogP contribution is 2.27. The Bertz CT molecular complexity index is 839. The van der Waals surface area contributed by atoms with Crippen molar-refractivity contribution in [3.8, 4) is 0 Å². The Morgan fingerprint density at radius 1 is 1.36 bits per heavy atom. The SMILES string of the molecule is CC(C)CNC(=O)C1CCCN(C(=O)c2csc(Nc3ccccc3Cl)n2)C1. The van der Waals surface area contributed by atoms with E-state index in [4.69, 9.17) is 11.6 Å². The molecule has 0 saturated carbocycles. The fourth-order valence-corrected chi connectivity index (χ4v) is 3.97. The van der Waals surface area contributed by atoms with Gasteiger partial charge in [0.15, 0.2) is 5.13 Å². The third-order valence-corrected chi connectivity index (χ3v) is 5.69. The first-order valence-corrected chi connectivity index (χ1v) is 10.7. The van der Waals surface area contributed by atoms with Crippen molar-refractivity contribution in [1.82, 2.24) is 15.2 Å². The second kappa shape index (κ2) is 9.39. The summed E-state index contributed by atoms with van der Waals surface area (Å²) in [5.74, 6) is 0.149. The Balaban J connectivity index is 1.61. The van der Waals surface area contributed by atoms with Crippen molar-refractivity contribution in [2.24, 2.45) is 11.8 Å². The third kappa shape index (κ3) is 5.23.